The lowest BCUT2D eigenvalue weighted by molar-refractivity contribution is -0.144. The molecule has 2 saturated carbocycles. The summed E-state index contributed by atoms with van der Waals surface area (Å²) in [5, 5.41) is 11.4. The summed E-state index contributed by atoms with van der Waals surface area (Å²) in [6.45, 7) is 16.5. The molecule has 2 aliphatic carbocycles. The van der Waals surface area contributed by atoms with Crippen molar-refractivity contribution in [1.82, 2.24) is 30.5 Å². The van der Waals surface area contributed by atoms with Crippen molar-refractivity contribution < 1.29 is 32.4 Å². The maximum Gasteiger partial charge on any atom is 0.315 e. The van der Waals surface area contributed by atoms with E-state index in [4.69, 9.17) is 0 Å². The van der Waals surface area contributed by atoms with Crippen LogP contribution in [0.5, 0.6) is 0 Å². The highest BCUT2D eigenvalue weighted by atomic mass is 32.2. The molecule has 2 saturated heterocycles. The number of hydrogen-bond donors (Lipinski definition) is 4. The lowest BCUT2D eigenvalue weighted by atomic mass is 9.75. The predicted octanol–water partition coefficient (Wildman–Crippen LogP) is 3.10. The topological polar surface area (TPSA) is 174 Å². The maximum absolute atomic E-state index is 14.7. The van der Waals surface area contributed by atoms with Crippen LogP contribution < -0.4 is 21.3 Å². The molecule has 14 heteroatoms. The Bertz CT molecular complexity index is 1410. The van der Waals surface area contributed by atoms with E-state index in [2.05, 4.69) is 27.8 Å². The van der Waals surface area contributed by atoms with Gasteiger partial charge in [-0.25, -0.2) is 13.2 Å². The molecular weight excluding hydrogens is 673 g/mol. The molecule has 13 nitrogen and oxygen atoms in total. The molecule has 0 spiro atoms. The number of hydrogen-bond acceptors (Lipinski definition) is 7. The van der Waals surface area contributed by atoms with Gasteiger partial charge in [-0.2, -0.15) is 4.31 Å². The summed E-state index contributed by atoms with van der Waals surface area (Å²) in [5.41, 5.74) is -0.843. The number of nitrogens with one attached hydrogen (secondary N) is 4. The molecule has 0 aromatic heterocycles. The molecule has 0 bridgehead atoms. The highest BCUT2D eigenvalue weighted by molar-refractivity contribution is 7.89. The number of carbonyl (C=O) groups excluding carboxylic acids is 5. The Morgan fingerprint density at radius 1 is 0.863 bits per heavy atom. The van der Waals surface area contributed by atoms with Crippen molar-refractivity contribution in [1.29, 1.82) is 0 Å². The minimum atomic E-state index is -3.39. The van der Waals surface area contributed by atoms with E-state index in [9.17, 15) is 32.4 Å². The van der Waals surface area contributed by atoms with Crippen molar-refractivity contribution >= 4 is 39.6 Å². The molecule has 5 amide bonds. The molecule has 51 heavy (non-hydrogen) atoms. The lowest BCUT2D eigenvalue weighted by Crippen LogP contribution is -2.61. The Morgan fingerprint density at radius 3 is 2.08 bits per heavy atom. The lowest BCUT2D eigenvalue weighted by Gasteiger charge is -2.39. The fourth-order valence-corrected chi connectivity index (χ4v) is 9.40. The third-order valence-electron chi connectivity index (χ3n) is 11.2. The van der Waals surface area contributed by atoms with Gasteiger partial charge in [-0.1, -0.05) is 79.7 Å². The van der Waals surface area contributed by atoms with Gasteiger partial charge >= 0.3 is 6.03 Å². The molecule has 288 valence electrons. The standard InChI is InChI=1S/C37H62N6O7S/c1-8-18-38-33(46)31(44)27(22-24-15-16-24)39-32(45)30-26(36(2,3)4)17-20-43(30)34(47)29(25-13-10-9-11-14-25)41-35(48)40-28(37(5,6)7)23-42-19-12-21-51(42,49)50/h8,24-30H,1,9-23H2,2-7H3,(H,38,46)(H,39,45)(H2,40,41,48)/t26-,27?,28+,29-,30-/m0/s1. The molecule has 0 radical (unpaired) electrons. The van der Waals surface area contributed by atoms with Gasteiger partial charge in [0.15, 0.2) is 0 Å². The van der Waals surface area contributed by atoms with Crippen molar-refractivity contribution in [2.75, 3.05) is 31.9 Å². The molecule has 0 aromatic rings. The third kappa shape index (κ3) is 10.8. The highest BCUT2D eigenvalue weighted by Gasteiger charge is 2.50. The number of amides is 5. The molecular formula is C37H62N6O7S. The summed E-state index contributed by atoms with van der Waals surface area (Å²) >= 11 is 0. The fourth-order valence-electron chi connectivity index (χ4n) is 7.86. The van der Waals surface area contributed by atoms with E-state index in [-0.39, 0.29) is 47.9 Å². The zero-order chi connectivity index (χ0) is 37.7. The SMILES string of the molecule is C=CCNC(=O)C(=O)C(CC1CC1)NC(=O)[C@@H]1[C@@H](C(C)(C)C)CCN1C(=O)[C@@H](NC(=O)N[C@H](CN1CCCS1(=O)=O)C(C)(C)C)C1CCCCC1. The van der Waals surface area contributed by atoms with E-state index in [1.54, 1.807) is 4.90 Å². The van der Waals surface area contributed by atoms with Crippen LogP contribution in [0.15, 0.2) is 12.7 Å². The van der Waals surface area contributed by atoms with Crippen molar-refractivity contribution in [3.05, 3.63) is 12.7 Å². The molecule has 4 aliphatic rings. The minimum Gasteiger partial charge on any atom is -0.346 e. The Balaban J connectivity index is 1.58. The number of urea groups is 1. The normalized spacial score (nSPS) is 24.6. The van der Waals surface area contributed by atoms with E-state index < -0.39 is 63.2 Å². The Kier molecular flexibility index (Phi) is 13.4. The van der Waals surface area contributed by atoms with Gasteiger partial charge in [0, 0.05) is 32.2 Å². The van der Waals surface area contributed by atoms with Crippen LogP contribution in [0.4, 0.5) is 4.79 Å². The van der Waals surface area contributed by atoms with Crippen molar-refractivity contribution in [3.63, 3.8) is 0 Å². The van der Waals surface area contributed by atoms with E-state index in [1.807, 2.05) is 41.5 Å². The zero-order valence-electron chi connectivity index (χ0n) is 31.6. The van der Waals surface area contributed by atoms with Crippen LogP contribution in [0, 0.1) is 28.6 Å². The van der Waals surface area contributed by atoms with Crippen LogP contribution in [0.3, 0.4) is 0 Å². The molecule has 1 unspecified atom stereocenters. The van der Waals surface area contributed by atoms with Crippen LogP contribution >= 0.6 is 0 Å². The predicted molar refractivity (Wildman–Crippen MR) is 196 cm³/mol. The van der Waals surface area contributed by atoms with E-state index in [1.165, 1.54) is 10.4 Å². The maximum atomic E-state index is 14.7. The molecule has 2 aliphatic heterocycles. The highest BCUT2D eigenvalue weighted by Crippen LogP contribution is 2.40. The van der Waals surface area contributed by atoms with Gasteiger partial charge in [0.1, 0.15) is 12.1 Å². The molecule has 2 heterocycles. The number of sulfonamides is 1. The van der Waals surface area contributed by atoms with E-state index in [0.29, 0.717) is 32.4 Å². The smallest absolute Gasteiger partial charge is 0.315 e. The molecule has 4 rings (SSSR count). The number of likely N-dealkylation sites (tertiary alicyclic amines) is 1. The van der Waals surface area contributed by atoms with Crippen molar-refractivity contribution in [2.24, 2.45) is 28.6 Å². The average Bonchev–Trinajstić information content (AvgIpc) is 3.64. The van der Waals surface area contributed by atoms with E-state index >= 15 is 0 Å². The molecule has 4 fully saturated rings. The van der Waals surface area contributed by atoms with Gasteiger partial charge in [-0.15, -0.1) is 6.58 Å². The van der Waals surface area contributed by atoms with Gasteiger partial charge in [-0.3, -0.25) is 19.2 Å². The largest absolute Gasteiger partial charge is 0.346 e. The summed E-state index contributed by atoms with van der Waals surface area (Å²) in [6, 6.07) is -3.89. The van der Waals surface area contributed by atoms with E-state index in [0.717, 1.165) is 44.9 Å². The molecule has 5 atom stereocenters. The molecule has 4 N–H and O–H groups in total. The monoisotopic (exact) mass is 734 g/mol. The summed E-state index contributed by atoms with van der Waals surface area (Å²) < 4.78 is 26.7. The van der Waals surface area contributed by atoms with Gasteiger partial charge in [0.2, 0.25) is 27.6 Å². The van der Waals surface area contributed by atoms with Gasteiger partial charge in [0.05, 0.1) is 11.8 Å². The number of ketones is 1. The van der Waals surface area contributed by atoms with Crippen molar-refractivity contribution in [2.45, 2.75) is 130 Å². The van der Waals surface area contributed by atoms with Crippen LogP contribution in [0.1, 0.15) is 106 Å². The summed E-state index contributed by atoms with van der Waals surface area (Å²) in [7, 11) is -3.39. The van der Waals surface area contributed by atoms with Gasteiger partial charge in [-0.05, 0) is 60.7 Å². The first-order valence-corrected chi connectivity index (χ1v) is 20.5. The van der Waals surface area contributed by atoms with Gasteiger partial charge < -0.3 is 26.2 Å². The average molecular weight is 735 g/mol. The van der Waals surface area contributed by atoms with Crippen LogP contribution in [0.2, 0.25) is 0 Å². The Labute approximate surface area is 304 Å². The number of carbonyl (C=O) groups is 5. The van der Waals surface area contributed by atoms with Gasteiger partial charge in [0.25, 0.3) is 5.91 Å². The first-order chi connectivity index (χ1) is 23.8. The second kappa shape index (κ2) is 16.8. The second-order valence-electron chi connectivity index (χ2n) is 17.3. The third-order valence-corrected chi connectivity index (χ3v) is 13.1. The number of nitrogens with zero attached hydrogens (tertiary/aromatic N) is 2. The van der Waals surface area contributed by atoms with Crippen LogP contribution in [-0.4, -0.2) is 103 Å². The first kappa shape index (κ1) is 40.8. The first-order valence-electron chi connectivity index (χ1n) is 18.9. The Hall–Kier alpha value is -3.00. The summed E-state index contributed by atoms with van der Waals surface area (Å²) in [6.07, 6.45) is 9.16. The van der Waals surface area contributed by atoms with Crippen LogP contribution in [-0.2, 0) is 29.2 Å². The second-order valence-corrected chi connectivity index (χ2v) is 19.4. The fraction of sp³-hybridized carbons (Fsp3) is 0.811. The number of Topliss-reactive ketones (excluding diaryl/α,β-unsaturated/α-hetero) is 1. The van der Waals surface area contributed by atoms with Crippen LogP contribution in [0.25, 0.3) is 0 Å². The summed E-state index contributed by atoms with van der Waals surface area (Å²) in [5.74, 6) is -2.35. The Morgan fingerprint density at radius 2 is 1.53 bits per heavy atom. The summed E-state index contributed by atoms with van der Waals surface area (Å²) in [4.78, 5) is 70.3. The minimum absolute atomic E-state index is 0.0897. The number of rotatable bonds is 14. The molecule has 0 aromatic carbocycles. The zero-order valence-corrected chi connectivity index (χ0v) is 32.4. The van der Waals surface area contributed by atoms with Crippen molar-refractivity contribution in [3.8, 4) is 0 Å². The quantitative estimate of drug-likeness (QED) is 0.157.